The Morgan fingerprint density at radius 2 is 2.05 bits per heavy atom. The van der Waals surface area contributed by atoms with Crippen LogP contribution in [0.15, 0.2) is 0 Å². The van der Waals surface area contributed by atoms with E-state index in [1.807, 2.05) is 13.8 Å². The Hall–Kier alpha value is -0.610. The van der Waals surface area contributed by atoms with E-state index in [1.165, 1.54) is 19.3 Å². The van der Waals surface area contributed by atoms with Crippen molar-refractivity contribution in [1.82, 2.24) is 5.32 Å². The van der Waals surface area contributed by atoms with E-state index in [4.69, 9.17) is 9.47 Å². The molecule has 0 aromatic carbocycles. The van der Waals surface area contributed by atoms with Crippen LogP contribution in [0.25, 0.3) is 0 Å². The summed E-state index contributed by atoms with van der Waals surface area (Å²) in [6.45, 7) is 8.50. The fourth-order valence-electron chi connectivity index (χ4n) is 1.99. The molecule has 0 amide bonds. The van der Waals surface area contributed by atoms with Crippen LogP contribution in [-0.4, -0.2) is 37.9 Å². The van der Waals surface area contributed by atoms with Crippen molar-refractivity contribution in [1.29, 1.82) is 0 Å². The number of rotatable bonds is 11. The maximum absolute atomic E-state index is 12.0. The van der Waals surface area contributed by atoms with Crippen molar-refractivity contribution in [3.63, 3.8) is 0 Å². The summed E-state index contributed by atoms with van der Waals surface area (Å²) in [4.78, 5) is 12.0. The highest BCUT2D eigenvalue weighted by atomic mass is 16.5. The van der Waals surface area contributed by atoms with Gasteiger partial charge in [0.05, 0.1) is 6.61 Å². The van der Waals surface area contributed by atoms with Crippen LogP contribution in [0.4, 0.5) is 0 Å². The molecule has 1 atom stereocenters. The quantitative estimate of drug-likeness (QED) is 0.463. The summed E-state index contributed by atoms with van der Waals surface area (Å²) in [5.41, 5.74) is -0.619. The molecule has 1 unspecified atom stereocenters. The number of ether oxygens (including phenoxy) is 2. The van der Waals surface area contributed by atoms with Crippen molar-refractivity contribution in [2.24, 2.45) is 5.92 Å². The van der Waals surface area contributed by atoms with Crippen LogP contribution < -0.4 is 5.32 Å². The van der Waals surface area contributed by atoms with Crippen molar-refractivity contribution in [3.8, 4) is 0 Å². The third-order valence-electron chi connectivity index (χ3n) is 3.60. The molecule has 0 spiro atoms. The Bertz CT molecular complexity index is 266. The van der Waals surface area contributed by atoms with E-state index in [1.54, 1.807) is 0 Å². The van der Waals surface area contributed by atoms with Crippen molar-refractivity contribution >= 4 is 5.97 Å². The second kappa shape index (κ2) is 8.54. The average molecular weight is 271 g/mol. The lowest BCUT2D eigenvalue weighted by atomic mass is 9.98. The summed E-state index contributed by atoms with van der Waals surface area (Å²) in [6, 6.07) is 0. The smallest absolute Gasteiger partial charge is 0.326 e. The molecule has 4 heteroatoms. The predicted molar refractivity (Wildman–Crippen MR) is 76.1 cm³/mol. The van der Waals surface area contributed by atoms with E-state index in [0.29, 0.717) is 19.6 Å². The maximum Gasteiger partial charge on any atom is 0.326 e. The highest BCUT2D eigenvalue weighted by Gasteiger charge is 2.33. The van der Waals surface area contributed by atoms with Gasteiger partial charge in [-0.1, -0.05) is 19.8 Å². The van der Waals surface area contributed by atoms with Gasteiger partial charge >= 0.3 is 5.97 Å². The van der Waals surface area contributed by atoms with Crippen molar-refractivity contribution in [2.75, 3.05) is 26.4 Å². The molecule has 1 aliphatic rings. The summed E-state index contributed by atoms with van der Waals surface area (Å²) >= 11 is 0. The average Bonchev–Trinajstić information content (AvgIpc) is 3.20. The Morgan fingerprint density at radius 3 is 2.63 bits per heavy atom. The Labute approximate surface area is 117 Å². The second-order valence-corrected chi connectivity index (χ2v) is 5.57. The van der Waals surface area contributed by atoms with E-state index in [0.717, 1.165) is 25.5 Å². The van der Waals surface area contributed by atoms with E-state index in [2.05, 4.69) is 12.2 Å². The Morgan fingerprint density at radius 1 is 1.32 bits per heavy atom. The van der Waals surface area contributed by atoms with E-state index >= 15 is 0 Å². The number of nitrogens with one attached hydrogen (secondary N) is 1. The minimum Gasteiger partial charge on any atom is -0.465 e. The molecular formula is C15H29NO3. The highest BCUT2D eigenvalue weighted by Crippen LogP contribution is 2.32. The molecule has 1 rings (SSSR count). The zero-order valence-electron chi connectivity index (χ0n) is 12.7. The molecule has 0 radical (unpaired) electrons. The normalized spacial score (nSPS) is 18.1. The topological polar surface area (TPSA) is 47.6 Å². The van der Waals surface area contributed by atoms with Crippen LogP contribution >= 0.6 is 0 Å². The monoisotopic (exact) mass is 271 g/mol. The third kappa shape index (κ3) is 6.39. The van der Waals surface area contributed by atoms with Gasteiger partial charge in [-0.3, -0.25) is 4.79 Å². The molecule has 0 bridgehead atoms. The van der Waals surface area contributed by atoms with E-state index < -0.39 is 5.54 Å². The molecule has 112 valence electrons. The first-order valence-electron chi connectivity index (χ1n) is 7.62. The van der Waals surface area contributed by atoms with Crippen molar-refractivity contribution < 1.29 is 14.3 Å². The Balaban J connectivity index is 2.27. The summed E-state index contributed by atoms with van der Waals surface area (Å²) in [5.74, 6) is 0.726. The lowest BCUT2D eigenvalue weighted by molar-refractivity contribution is -0.151. The third-order valence-corrected chi connectivity index (χ3v) is 3.60. The highest BCUT2D eigenvalue weighted by molar-refractivity contribution is 5.80. The van der Waals surface area contributed by atoms with Gasteiger partial charge in [0.15, 0.2) is 0 Å². The fourth-order valence-corrected chi connectivity index (χ4v) is 1.99. The van der Waals surface area contributed by atoms with Gasteiger partial charge in [0.1, 0.15) is 5.54 Å². The van der Waals surface area contributed by atoms with E-state index in [9.17, 15) is 4.79 Å². The zero-order valence-corrected chi connectivity index (χ0v) is 12.7. The molecule has 0 saturated heterocycles. The lowest BCUT2D eigenvalue weighted by Gasteiger charge is -2.28. The molecule has 1 fully saturated rings. The molecule has 0 aromatic rings. The maximum atomic E-state index is 12.0. The first-order valence-corrected chi connectivity index (χ1v) is 7.62. The largest absolute Gasteiger partial charge is 0.465 e. The lowest BCUT2D eigenvalue weighted by Crippen LogP contribution is -2.51. The molecule has 1 aliphatic carbocycles. The van der Waals surface area contributed by atoms with Gasteiger partial charge in [0.25, 0.3) is 0 Å². The molecule has 0 heterocycles. The van der Waals surface area contributed by atoms with Crippen LogP contribution in [0.5, 0.6) is 0 Å². The van der Waals surface area contributed by atoms with Gasteiger partial charge in [-0.05, 0) is 45.6 Å². The number of hydrogen-bond acceptors (Lipinski definition) is 4. The van der Waals surface area contributed by atoms with Crippen molar-refractivity contribution in [3.05, 3.63) is 0 Å². The number of carbonyl (C=O) groups is 1. The zero-order chi connectivity index (χ0) is 14.1. The summed E-state index contributed by atoms with van der Waals surface area (Å²) < 4.78 is 10.8. The summed E-state index contributed by atoms with van der Waals surface area (Å²) in [6.07, 6.45) is 5.55. The minimum absolute atomic E-state index is 0.172. The predicted octanol–water partition coefficient (Wildman–Crippen LogP) is 2.51. The number of esters is 1. The number of hydrogen-bond donors (Lipinski definition) is 1. The van der Waals surface area contributed by atoms with Gasteiger partial charge in [-0.25, -0.2) is 0 Å². The molecule has 1 saturated carbocycles. The molecule has 19 heavy (non-hydrogen) atoms. The van der Waals surface area contributed by atoms with Gasteiger partial charge in [-0.15, -0.1) is 0 Å². The van der Waals surface area contributed by atoms with Gasteiger partial charge < -0.3 is 14.8 Å². The van der Waals surface area contributed by atoms with Gasteiger partial charge in [0, 0.05) is 13.2 Å². The van der Waals surface area contributed by atoms with Crippen LogP contribution in [0, 0.1) is 5.92 Å². The first-order chi connectivity index (χ1) is 9.12. The molecular weight excluding hydrogens is 242 g/mol. The standard InChI is InChI=1S/C15H29NO3/c1-4-10-16-15(3,14(17)19-5-2)9-12-18-11-8-13-6-7-13/h13,16H,4-12H2,1-3H3. The molecule has 4 nitrogen and oxygen atoms in total. The summed E-state index contributed by atoms with van der Waals surface area (Å²) in [7, 11) is 0. The van der Waals surface area contributed by atoms with Crippen LogP contribution in [-0.2, 0) is 14.3 Å². The van der Waals surface area contributed by atoms with Crippen LogP contribution in [0.3, 0.4) is 0 Å². The van der Waals surface area contributed by atoms with Gasteiger partial charge in [-0.2, -0.15) is 0 Å². The molecule has 0 aliphatic heterocycles. The van der Waals surface area contributed by atoms with Crippen LogP contribution in [0.1, 0.15) is 52.9 Å². The van der Waals surface area contributed by atoms with Gasteiger partial charge in [0.2, 0.25) is 0 Å². The molecule has 0 aromatic heterocycles. The summed E-state index contributed by atoms with van der Waals surface area (Å²) in [5, 5.41) is 3.29. The SMILES string of the molecule is CCCNC(C)(CCOCCC1CC1)C(=O)OCC. The van der Waals surface area contributed by atoms with E-state index in [-0.39, 0.29) is 5.97 Å². The minimum atomic E-state index is -0.619. The second-order valence-electron chi connectivity index (χ2n) is 5.57. The first kappa shape index (κ1) is 16.4. The molecule has 1 N–H and O–H groups in total. The number of carbonyl (C=O) groups excluding carboxylic acids is 1. The van der Waals surface area contributed by atoms with Crippen LogP contribution in [0.2, 0.25) is 0 Å². The fraction of sp³-hybridized carbons (Fsp3) is 0.933. The van der Waals surface area contributed by atoms with Crippen molar-refractivity contribution in [2.45, 2.75) is 58.4 Å². The Kier molecular flexibility index (Phi) is 7.39.